The summed E-state index contributed by atoms with van der Waals surface area (Å²) in [5.41, 5.74) is 4.14. The fourth-order valence-electron chi connectivity index (χ4n) is 3.75. The molecule has 0 aliphatic heterocycles. The van der Waals surface area contributed by atoms with E-state index in [0.717, 1.165) is 23.3 Å². The molecule has 3 aliphatic rings. The lowest BCUT2D eigenvalue weighted by molar-refractivity contribution is -0.124. The van der Waals surface area contributed by atoms with Crippen molar-refractivity contribution in [3.63, 3.8) is 0 Å². The first-order valence-electron chi connectivity index (χ1n) is 10.0. The number of Topliss-reactive ketones (excluding diaryl/α,β-unsaturated/α-hetero) is 1. The lowest BCUT2D eigenvalue weighted by atomic mass is 10.0. The highest BCUT2D eigenvalue weighted by molar-refractivity contribution is 5.96. The second-order valence-electron chi connectivity index (χ2n) is 7.75. The molecule has 0 bridgehead atoms. The van der Waals surface area contributed by atoms with E-state index in [1.807, 2.05) is 37.4 Å². The lowest BCUT2D eigenvalue weighted by Gasteiger charge is -2.23. The minimum atomic E-state index is 0. The highest BCUT2D eigenvalue weighted by atomic mass is 16.2. The van der Waals surface area contributed by atoms with Crippen molar-refractivity contribution in [3.8, 4) is 0 Å². The highest BCUT2D eigenvalue weighted by Gasteiger charge is 2.41. The van der Waals surface area contributed by atoms with E-state index in [9.17, 15) is 9.59 Å². The SMILES string of the molecule is C.CC(=O)C1=CCC=C(C(=O)N(C)C2=CC=CC3CC23)CC1.Cc1ccccc1. The number of carbonyl (C=O) groups excluding carboxylic acids is 2. The normalized spacial score (nSPS) is 21.6. The Balaban J connectivity index is 0.000000319. The summed E-state index contributed by atoms with van der Waals surface area (Å²) in [6.07, 6.45) is 13.4. The second kappa shape index (κ2) is 10.2. The first-order valence-corrected chi connectivity index (χ1v) is 10.0. The summed E-state index contributed by atoms with van der Waals surface area (Å²) >= 11 is 0. The van der Waals surface area contributed by atoms with E-state index in [0.29, 0.717) is 31.1 Å². The molecule has 1 amide bonds. The highest BCUT2D eigenvalue weighted by Crippen LogP contribution is 2.48. The summed E-state index contributed by atoms with van der Waals surface area (Å²) in [7, 11) is 1.87. The molecule has 154 valence electrons. The molecule has 4 rings (SSSR count). The zero-order valence-electron chi connectivity index (χ0n) is 17.0. The minimum absolute atomic E-state index is 0. The molecule has 2 atom stereocenters. The third-order valence-electron chi connectivity index (χ3n) is 5.60. The van der Waals surface area contributed by atoms with Gasteiger partial charge in [-0.2, -0.15) is 0 Å². The third kappa shape index (κ3) is 5.90. The van der Waals surface area contributed by atoms with Crippen molar-refractivity contribution in [2.75, 3.05) is 7.05 Å². The van der Waals surface area contributed by atoms with Crippen molar-refractivity contribution in [3.05, 3.63) is 83.1 Å². The Morgan fingerprint density at radius 3 is 2.31 bits per heavy atom. The molecule has 0 heterocycles. The van der Waals surface area contributed by atoms with Crippen molar-refractivity contribution >= 4 is 11.7 Å². The molecule has 1 aromatic rings. The molecule has 29 heavy (non-hydrogen) atoms. The van der Waals surface area contributed by atoms with Crippen molar-refractivity contribution in [2.45, 2.75) is 47.0 Å². The number of hydrogen-bond donors (Lipinski definition) is 0. The van der Waals surface area contributed by atoms with Crippen LogP contribution in [0, 0.1) is 18.8 Å². The van der Waals surface area contributed by atoms with Crippen LogP contribution in [0.1, 0.15) is 45.6 Å². The number of benzene rings is 1. The molecule has 3 aliphatic carbocycles. The summed E-state index contributed by atoms with van der Waals surface area (Å²) in [6.45, 7) is 3.68. The molecule has 0 saturated heterocycles. The number of aryl methyl sites for hydroxylation is 1. The summed E-state index contributed by atoms with van der Waals surface area (Å²) in [5.74, 6) is 1.36. The molecule has 0 spiro atoms. The number of amides is 1. The van der Waals surface area contributed by atoms with Gasteiger partial charge in [0.1, 0.15) is 0 Å². The van der Waals surface area contributed by atoms with Crippen LogP contribution in [0.25, 0.3) is 0 Å². The van der Waals surface area contributed by atoms with Crippen LogP contribution < -0.4 is 0 Å². The molecule has 3 heteroatoms. The van der Waals surface area contributed by atoms with Gasteiger partial charge >= 0.3 is 0 Å². The van der Waals surface area contributed by atoms with Gasteiger partial charge in [0.05, 0.1) is 0 Å². The summed E-state index contributed by atoms with van der Waals surface area (Å²) in [5, 5.41) is 0. The van der Waals surface area contributed by atoms with Gasteiger partial charge in [0.25, 0.3) is 5.91 Å². The first kappa shape index (κ1) is 22.6. The smallest absolute Gasteiger partial charge is 0.253 e. The standard InChI is InChI=1S/C18H21NO2.C7H8.CH4/c1-12(20)13-5-3-6-14(10-9-13)18(21)19(2)17-8-4-7-15-11-16(15)17;1-7-5-3-2-4-6-7;/h4-8,15-16H,3,9-11H2,1-2H3;2-6H,1H3;1H4. The van der Waals surface area contributed by atoms with Crippen LogP contribution in [0.2, 0.25) is 0 Å². The Labute approximate surface area is 175 Å². The Morgan fingerprint density at radius 1 is 1.03 bits per heavy atom. The quantitative estimate of drug-likeness (QED) is 0.654. The van der Waals surface area contributed by atoms with Crippen LogP contribution in [0.15, 0.2) is 77.6 Å². The van der Waals surface area contributed by atoms with Crippen LogP contribution >= 0.6 is 0 Å². The molecule has 3 nitrogen and oxygen atoms in total. The predicted molar refractivity (Wildman–Crippen MR) is 120 cm³/mol. The largest absolute Gasteiger partial charge is 0.315 e. The molecule has 1 aromatic carbocycles. The van der Waals surface area contributed by atoms with Crippen LogP contribution in [-0.2, 0) is 9.59 Å². The van der Waals surface area contributed by atoms with Crippen LogP contribution in [0.5, 0.6) is 0 Å². The maximum atomic E-state index is 12.7. The van der Waals surface area contributed by atoms with Crippen molar-refractivity contribution in [1.82, 2.24) is 4.90 Å². The van der Waals surface area contributed by atoms with E-state index in [-0.39, 0.29) is 19.1 Å². The molecule has 0 N–H and O–H groups in total. The number of hydrogen-bond acceptors (Lipinski definition) is 2. The third-order valence-corrected chi connectivity index (χ3v) is 5.60. The number of fused-ring (bicyclic) bond motifs is 1. The number of nitrogens with zero attached hydrogens (tertiary/aromatic N) is 1. The van der Waals surface area contributed by atoms with Gasteiger partial charge in [-0.1, -0.05) is 67.6 Å². The van der Waals surface area contributed by atoms with Gasteiger partial charge in [0, 0.05) is 24.2 Å². The lowest BCUT2D eigenvalue weighted by Crippen LogP contribution is -2.29. The number of ketones is 1. The number of likely N-dealkylation sites (N-methyl/N-ethyl adjacent to an activating group) is 1. The van der Waals surface area contributed by atoms with Crippen LogP contribution in [-0.4, -0.2) is 23.6 Å². The van der Waals surface area contributed by atoms with E-state index in [2.05, 4.69) is 37.3 Å². The van der Waals surface area contributed by atoms with E-state index in [4.69, 9.17) is 0 Å². The molecular weight excluding hydrogens is 358 g/mol. The predicted octanol–water partition coefficient (Wildman–Crippen LogP) is 5.79. The summed E-state index contributed by atoms with van der Waals surface area (Å²) in [4.78, 5) is 25.9. The van der Waals surface area contributed by atoms with Crippen LogP contribution in [0.4, 0.5) is 0 Å². The molecular formula is C26H33NO2. The van der Waals surface area contributed by atoms with E-state index >= 15 is 0 Å². The molecule has 0 radical (unpaired) electrons. The van der Waals surface area contributed by atoms with Gasteiger partial charge in [-0.25, -0.2) is 0 Å². The minimum Gasteiger partial charge on any atom is -0.315 e. The van der Waals surface area contributed by atoms with Crippen molar-refractivity contribution < 1.29 is 9.59 Å². The van der Waals surface area contributed by atoms with Crippen molar-refractivity contribution in [1.29, 1.82) is 0 Å². The number of carbonyl (C=O) groups is 2. The maximum absolute atomic E-state index is 12.7. The van der Waals surface area contributed by atoms with Gasteiger partial charge in [0.2, 0.25) is 0 Å². The fourth-order valence-corrected chi connectivity index (χ4v) is 3.75. The maximum Gasteiger partial charge on any atom is 0.253 e. The van der Waals surface area contributed by atoms with Gasteiger partial charge in [0.15, 0.2) is 5.78 Å². The zero-order chi connectivity index (χ0) is 20.1. The van der Waals surface area contributed by atoms with Crippen LogP contribution in [0.3, 0.4) is 0 Å². The average molecular weight is 392 g/mol. The van der Waals surface area contributed by atoms with Gasteiger partial charge in [-0.3, -0.25) is 9.59 Å². The van der Waals surface area contributed by atoms with Gasteiger partial charge < -0.3 is 4.90 Å². The summed E-state index contributed by atoms with van der Waals surface area (Å²) < 4.78 is 0. The van der Waals surface area contributed by atoms with Crippen molar-refractivity contribution in [2.24, 2.45) is 11.8 Å². The average Bonchev–Trinajstić information content (AvgIpc) is 3.50. The zero-order valence-corrected chi connectivity index (χ0v) is 17.0. The Bertz CT molecular complexity index is 858. The molecule has 2 unspecified atom stereocenters. The number of allylic oxidation sites excluding steroid dienone is 7. The van der Waals surface area contributed by atoms with E-state index in [1.54, 1.807) is 11.8 Å². The van der Waals surface area contributed by atoms with E-state index in [1.165, 1.54) is 5.56 Å². The van der Waals surface area contributed by atoms with Gasteiger partial charge in [-0.05, 0) is 57.1 Å². The first-order chi connectivity index (χ1) is 13.5. The number of rotatable bonds is 3. The molecule has 1 fully saturated rings. The second-order valence-corrected chi connectivity index (χ2v) is 7.75. The summed E-state index contributed by atoms with van der Waals surface area (Å²) in [6, 6.07) is 10.3. The van der Waals surface area contributed by atoms with Gasteiger partial charge in [-0.15, -0.1) is 0 Å². The van der Waals surface area contributed by atoms with E-state index < -0.39 is 0 Å². The molecule has 1 saturated carbocycles. The molecule has 0 aromatic heterocycles. The Kier molecular flexibility index (Phi) is 7.95. The fraction of sp³-hybridized carbons (Fsp3) is 0.385. The monoisotopic (exact) mass is 391 g/mol. The topological polar surface area (TPSA) is 37.4 Å². The Hall–Kier alpha value is -2.68. The Morgan fingerprint density at radius 2 is 1.69 bits per heavy atom.